The summed E-state index contributed by atoms with van der Waals surface area (Å²) in [5.41, 5.74) is 7.35. The van der Waals surface area contributed by atoms with Crippen molar-refractivity contribution in [1.82, 2.24) is 4.98 Å². The van der Waals surface area contributed by atoms with E-state index in [1.807, 2.05) is 0 Å². The van der Waals surface area contributed by atoms with E-state index in [2.05, 4.69) is 18.8 Å². The molecule has 0 radical (unpaired) electrons. The molecule has 1 aromatic heterocycles. The third-order valence-electron chi connectivity index (χ3n) is 1.57. The van der Waals surface area contributed by atoms with Crippen LogP contribution in [-0.2, 0) is 6.42 Å². The van der Waals surface area contributed by atoms with Gasteiger partial charge in [0.05, 0.1) is 16.4 Å². The van der Waals surface area contributed by atoms with Gasteiger partial charge in [0.15, 0.2) is 0 Å². The minimum Gasteiger partial charge on any atom is -0.397 e. The van der Waals surface area contributed by atoms with Crippen molar-refractivity contribution in [2.75, 3.05) is 5.73 Å². The van der Waals surface area contributed by atoms with Crippen LogP contribution < -0.4 is 5.73 Å². The van der Waals surface area contributed by atoms with Crippen LogP contribution in [0.5, 0.6) is 0 Å². The minimum atomic E-state index is 0.570. The second-order valence-corrected chi connectivity index (χ2v) is 3.72. The van der Waals surface area contributed by atoms with Gasteiger partial charge in [-0.15, -0.1) is 0 Å². The summed E-state index contributed by atoms with van der Waals surface area (Å²) in [5, 5.41) is 0.597. The predicted octanol–water partition coefficient (Wildman–Crippen LogP) is 2.52. The monoisotopic (exact) mass is 184 g/mol. The number of hydrogen-bond donors (Lipinski definition) is 1. The maximum atomic E-state index is 5.72. The highest BCUT2D eigenvalue weighted by Crippen LogP contribution is 2.17. The van der Waals surface area contributed by atoms with Crippen LogP contribution in [0.3, 0.4) is 0 Å². The number of nitrogens with zero attached hydrogens (tertiary/aromatic N) is 1. The van der Waals surface area contributed by atoms with Crippen molar-refractivity contribution in [1.29, 1.82) is 0 Å². The van der Waals surface area contributed by atoms with Gasteiger partial charge in [-0.1, -0.05) is 25.4 Å². The first-order valence-electron chi connectivity index (χ1n) is 3.99. The first-order valence-corrected chi connectivity index (χ1v) is 4.37. The van der Waals surface area contributed by atoms with Gasteiger partial charge in [-0.25, -0.2) is 0 Å². The summed E-state index contributed by atoms with van der Waals surface area (Å²) < 4.78 is 0. The molecule has 3 heteroatoms. The van der Waals surface area contributed by atoms with Crippen molar-refractivity contribution >= 4 is 17.3 Å². The summed E-state index contributed by atoms with van der Waals surface area (Å²) in [5.74, 6) is 0.570. The Hall–Kier alpha value is -0.760. The molecule has 0 bridgehead atoms. The summed E-state index contributed by atoms with van der Waals surface area (Å²) in [6.45, 7) is 4.27. The van der Waals surface area contributed by atoms with Gasteiger partial charge in [-0.05, 0) is 18.4 Å². The molecule has 0 unspecified atom stereocenters. The van der Waals surface area contributed by atoms with E-state index in [1.165, 1.54) is 0 Å². The highest BCUT2D eigenvalue weighted by atomic mass is 35.5. The number of nitrogens with two attached hydrogens (primary N) is 1. The van der Waals surface area contributed by atoms with Crippen molar-refractivity contribution < 1.29 is 0 Å². The Kier molecular flexibility index (Phi) is 2.93. The summed E-state index contributed by atoms with van der Waals surface area (Å²) in [4.78, 5) is 4.16. The van der Waals surface area contributed by atoms with E-state index in [4.69, 9.17) is 17.3 Å². The molecule has 12 heavy (non-hydrogen) atoms. The maximum Gasteiger partial charge on any atom is 0.0636 e. The molecule has 0 aliphatic rings. The SMILES string of the molecule is CC(C)Cc1ncc(Cl)cc1N. The predicted molar refractivity (Wildman–Crippen MR) is 52.2 cm³/mol. The Bertz CT molecular complexity index is 271. The summed E-state index contributed by atoms with van der Waals surface area (Å²) >= 11 is 5.71. The van der Waals surface area contributed by atoms with Gasteiger partial charge < -0.3 is 5.73 Å². The molecule has 0 aliphatic heterocycles. The molecule has 0 aromatic carbocycles. The summed E-state index contributed by atoms with van der Waals surface area (Å²) in [6, 6.07) is 1.74. The van der Waals surface area contributed by atoms with Crippen LogP contribution in [0.1, 0.15) is 19.5 Å². The van der Waals surface area contributed by atoms with Gasteiger partial charge in [0, 0.05) is 6.20 Å². The van der Waals surface area contributed by atoms with E-state index in [9.17, 15) is 0 Å². The molecule has 66 valence electrons. The first kappa shape index (κ1) is 9.33. The van der Waals surface area contributed by atoms with E-state index in [0.717, 1.165) is 12.1 Å². The number of nitrogen functional groups attached to an aromatic ring is 1. The molecule has 1 heterocycles. The first-order chi connectivity index (χ1) is 5.59. The fraction of sp³-hybridized carbons (Fsp3) is 0.444. The van der Waals surface area contributed by atoms with Gasteiger partial charge in [0.1, 0.15) is 0 Å². The van der Waals surface area contributed by atoms with E-state index in [0.29, 0.717) is 16.6 Å². The van der Waals surface area contributed by atoms with Gasteiger partial charge in [-0.3, -0.25) is 4.98 Å². The lowest BCUT2D eigenvalue weighted by Crippen LogP contribution is -2.01. The topological polar surface area (TPSA) is 38.9 Å². The zero-order valence-electron chi connectivity index (χ0n) is 7.34. The van der Waals surface area contributed by atoms with Crippen LogP contribution in [0, 0.1) is 5.92 Å². The third kappa shape index (κ3) is 2.38. The largest absolute Gasteiger partial charge is 0.397 e. The number of aromatic nitrogens is 1. The average Bonchev–Trinajstić information content (AvgIpc) is 1.94. The van der Waals surface area contributed by atoms with Crippen molar-refractivity contribution in [3.8, 4) is 0 Å². The standard InChI is InChI=1S/C9H13ClN2/c1-6(2)3-9-8(11)4-7(10)5-12-9/h4-6H,3,11H2,1-2H3. The number of rotatable bonds is 2. The molecule has 0 saturated carbocycles. The van der Waals surface area contributed by atoms with Crippen LogP contribution in [0.15, 0.2) is 12.3 Å². The lowest BCUT2D eigenvalue weighted by Gasteiger charge is -2.06. The molecular formula is C9H13ClN2. The Balaban J connectivity index is 2.86. The Labute approximate surface area is 77.8 Å². The lowest BCUT2D eigenvalue weighted by molar-refractivity contribution is 0.637. The van der Waals surface area contributed by atoms with Gasteiger partial charge in [0.25, 0.3) is 0 Å². The number of hydrogen-bond acceptors (Lipinski definition) is 2. The van der Waals surface area contributed by atoms with E-state index < -0.39 is 0 Å². The second-order valence-electron chi connectivity index (χ2n) is 3.29. The Morgan fingerprint density at radius 2 is 2.25 bits per heavy atom. The highest BCUT2D eigenvalue weighted by Gasteiger charge is 2.03. The fourth-order valence-corrected chi connectivity index (χ4v) is 1.21. The van der Waals surface area contributed by atoms with E-state index in [-0.39, 0.29) is 0 Å². The van der Waals surface area contributed by atoms with Gasteiger partial charge >= 0.3 is 0 Å². The van der Waals surface area contributed by atoms with Gasteiger partial charge in [-0.2, -0.15) is 0 Å². The van der Waals surface area contributed by atoms with Crippen molar-refractivity contribution in [3.05, 3.63) is 23.0 Å². The normalized spacial score (nSPS) is 10.7. The highest BCUT2D eigenvalue weighted by molar-refractivity contribution is 6.30. The number of pyridine rings is 1. The maximum absolute atomic E-state index is 5.72. The quantitative estimate of drug-likeness (QED) is 0.767. The Morgan fingerprint density at radius 1 is 1.58 bits per heavy atom. The molecule has 0 saturated heterocycles. The zero-order chi connectivity index (χ0) is 9.14. The van der Waals surface area contributed by atoms with Crippen molar-refractivity contribution in [3.63, 3.8) is 0 Å². The number of halogens is 1. The van der Waals surface area contributed by atoms with Crippen LogP contribution >= 0.6 is 11.6 Å². The lowest BCUT2D eigenvalue weighted by atomic mass is 10.1. The third-order valence-corrected chi connectivity index (χ3v) is 1.78. The van der Waals surface area contributed by atoms with Crippen LogP contribution in [0.25, 0.3) is 0 Å². The van der Waals surface area contributed by atoms with Crippen molar-refractivity contribution in [2.45, 2.75) is 20.3 Å². The molecule has 0 amide bonds. The molecule has 1 aromatic rings. The summed E-state index contributed by atoms with van der Waals surface area (Å²) in [6.07, 6.45) is 2.54. The summed E-state index contributed by atoms with van der Waals surface area (Å²) in [7, 11) is 0. The average molecular weight is 185 g/mol. The van der Waals surface area contributed by atoms with Crippen molar-refractivity contribution in [2.24, 2.45) is 5.92 Å². The zero-order valence-corrected chi connectivity index (χ0v) is 8.10. The van der Waals surface area contributed by atoms with Gasteiger partial charge in [0.2, 0.25) is 0 Å². The fourth-order valence-electron chi connectivity index (χ4n) is 1.04. The minimum absolute atomic E-state index is 0.570. The van der Waals surface area contributed by atoms with Crippen LogP contribution in [-0.4, -0.2) is 4.98 Å². The van der Waals surface area contributed by atoms with Crippen LogP contribution in [0.2, 0.25) is 5.02 Å². The Morgan fingerprint density at radius 3 is 2.75 bits per heavy atom. The second kappa shape index (κ2) is 3.76. The van der Waals surface area contributed by atoms with Crippen LogP contribution in [0.4, 0.5) is 5.69 Å². The molecule has 0 aliphatic carbocycles. The molecule has 0 fully saturated rings. The van der Waals surface area contributed by atoms with E-state index in [1.54, 1.807) is 12.3 Å². The smallest absolute Gasteiger partial charge is 0.0636 e. The molecular weight excluding hydrogens is 172 g/mol. The molecule has 2 nitrogen and oxygen atoms in total. The molecule has 1 rings (SSSR count). The molecule has 0 spiro atoms. The molecule has 0 atom stereocenters. The van der Waals surface area contributed by atoms with E-state index >= 15 is 0 Å². The number of anilines is 1. The molecule has 2 N–H and O–H groups in total.